The Morgan fingerprint density at radius 2 is 1.59 bits per heavy atom. The topological polar surface area (TPSA) is 4.93 Å². The highest BCUT2D eigenvalue weighted by molar-refractivity contribution is 5.60. The summed E-state index contributed by atoms with van der Waals surface area (Å²) in [6, 6.07) is 15.0. The van der Waals surface area contributed by atoms with E-state index in [1.807, 2.05) is 0 Å². The number of rotatable bonds is 2. The van der Waals surface area contributed by atoms with Crippen LogP contribution >= 0.6 is 0 Å². The molecule has 0 radical (unpaired) electrons. The highest BCUT2D eigenvalue weighted by Gasteiger charge is 2.15. The van der Waals surface area contributed by atoms with Gasteiger partial charge in [-0.1, -0.05) is 51.1 Å². The van der Waals surface area contributed by atoms with Gasteiger partial charge < -0.3 is 4.57 Å². The van der Waals surface area contributed by atoms with E-state index in [9.17, 15) is 0 Å². The van der Waals surface area contributed by atoms with Crippen LogP contribution in [0.5, 0.6) is 0 Å². The van der Waals surface area contributed by atoms with Gasteiger partial charge >= 0.3 is 0 Å². The van der Waals surface area contributed by atoms with E-state index in [0.717, 1.165) is 6.42 Å². The molecule has 0 aliphatic heterocycles. The average Bonchev–Trinajstić information content (AvgIpc) is 2.60. The molecule has 0 aliphatic carbocycles. The van der Waals surface area contributed by atoms with Gasteiger partial charge in [0.05, 0.1) is 0 Å². The first kappa shape index (κ1) is 12.0. The summed E-state index contributed by atoms with van der Waals surface area (Å²) in [5.74, 6) is 0. The van der Waals surface area contributed by atoms with Crippen LogP contribution in [0.4, 0.5) is 0 Å². The molecule has 2 rings (SSSR count). The van der Waals surface area contributed by atoms with E-state index in [-0.39, 0.29) is 0 Å². The summed E-state index contributed by atoms with van der Waals surface area (Å²) in [6.07, 6.45) is 1.11. The van der Waals surface area contributed by atoms with Gasteiger partial charge in [0.15, 0.2) is 0 Å². The lowest BCUT2D eigenvalue weighted by Gasteiger charge is -2.19. The van der Waals surface area contributed by atoms with Crippen molar-refractivity contribution in [2.75, 3.05) is 0 Å². The Labute approximate surface area is 104 Å². The highest BCUT2D eigenvalue weighted by atomic mass is 15.0. The third kappa shape index (κ3) is 2.79. The summed E-state index contributed by atoms with van der Waals surface area (Å²) in [5.41, 5.74) is 4.32. The average molecular weight is 227 g/mol. The molecule has 0 saturated carbocycles. The Hall–Kier alpha value is -1.50. The van der Waals surface area contributed by atoms with Crippen LogP contribution in [0.2, 0.25) is 0 Å². The molecule has 2 aromatic rings. The van der Waals surface area contributed by atoms with Gasteiger partial charge in [0, 0.05) is 18.4 Å². The summed E-state index contributed by atoms with van der Waals surface area (Å²) >= 11 is 0. The Morgan fingerprint density at radius 1 is 0.941 bits per heavy atom. The van der Waals surface area contributed by atoms with Gasteiger partial charge in [-0.05, 0) is 29.5 Å². The smallest absolute Gasteiger partial charge is 0.0479 e. The van der Waals surface area contributed by atoms with Crippen molar-refractivity contribution in [3.63, 3.8) is 0 Å². The zero-order chi connectivity index (χ0) is 12.5. The first-order chi connectivity index (χ1) is 7.97. The van der Waals surface area contributed by atoms with Crippen LogP contribution in [-0.2, 0) is 13.5 Å². The van der Waals surface area contributed by atoms with Crippen molar-refractivity contribution in [2.45, 2.75) is 27.2 Å². The lowest BCUT2D eigenvalue weighted by Crippen LogP contribution is -2.12. The quantitative estimate of drug-likeness (QED) is 0.721. The molecular weight excluding hydrogens is 206 g/mol. The van der Waals surface area contributed by atoms with Crippen molar-refractivity contribution in [1.82, 2.24) is 4.57 Å². The molecule has 0 bridgehead atoms. The maximum absolute atomic E-state index is 2.31. The van der Waals surface area contributed by atoms with Gasteiger partial charge in [-0.25, -0.2) is 0 Å². The fraction of sp³-hybridized carbons (Fsp3) is 0.375. The second-order valence-corrected chi connectivity index (χ2v) is 5.87. The van der Waals surface area contributed by atoms with Crippen molar-refractivity contribution < 1.29 is 0 Å². The highest BCUT2D eigenvalue weighted by Crippen LogP contribution is 2.26. The molecule has 90 valence electrons. The summed E-state index contributed by atoms with van der Waals surface area (Å²) in [6.45, 7) is 6.84. The van der Waals surface area contributed by atoms with E-state index in [4.69, 9.17) is 0 Å². The third-order valence-corrected chi connectivity index (χ3v) is 3.01. The maximum Gasteiger partial charge on any atom is 0.0479 e. The SMILES string of the molecule is Cn1c(CC(C)(C)C)ccc1-c1ccccc1. The number of nitrogens with zero attached hydrogens (tertiary/aromatic N) is 1. The molecule has 0 amide bonds. The minimum absolute atomic E-state index is 0.333. The lowest BCUT2D eigenvalue weighted by atomic mass is 9.90. The molecule has 0 spiro atoms. The van der Waals surface area contributed by atoms with Gasteiger partial charge in [-0.3, -0.25) is 0 Å². The van der Waals surface area contributed by atoms with Crippen LogP contribution in [0, 0.1) is 5.41 Å². The van der Waals surface area contributed by atoms with Gasteiger partial charge in [0.25, 0.3) is 0 Å². The maximum atomic E-state index is 2.31. The van der Waals surface area contributed by atoms with E-state index in [1.165, 1.54) is 17.0 Å². The molecule has 17 heavy (non-hydrogen) atoms. The normalized spacial score (nSPS) is 11.8. The van der Waals surface area contributed by atoms with Crippen molar-refractivity contribution in [3.05, 3.63) is 48.2 Å². The fourth-order valence-corrected chi connectivity index (χ4v) is 2.17. The molecule has 1 nitrogen and oxygen atoms in total. The lowest BCUT2D eigenvalue weighted by molar-refractivity contribution is 0.401. The van der Waals surface area contributed by atoms with Gasteiger partial charge in [0.2, 0.25) is 0 Å². The number of benzene rings is 1. The number of aromatic nitrogens is 1. The molecule has 1 heterocycles. The first-order valence-corrected chi connectivity index (χ1v) is 6.17. The van der Waals surface area contributed by atoms with Crippen molar-refractivity contribution in [2.24, 2.45) is 12.5 Å². The zero-order valence-electron chi connectivity index (χ0n) is 11.2. The molecule has 1 heteroatoms. The second-order valence-electron chi connectivity index (χ2n) is 5.87. The summed E-state index contributed by atoms with van der Waals surface area (Å²) in [7, 11) is 2.16. The molecule has 0 unspecified atom stereocenters. The van der Waals surface area contributed by atoms with Crippen molar-refractivity contribution in [3.8, 4) is 11.3 Å². The molecule has 0 saturated heterocycles. The minimum Gasteiger partial charge on any atom is -0.348 e. The molecule has 0 aliphatic rings. The minimum atomic E-state index is 0.333. The predicted octanol–water partition coefficient (Wildman–Crippen LogP) is 4.28. The van der Waals surface area contributed by atoms with Crippen LogP contribution in [0.3, 0.4) is 0 Å². The van der Waals surface area contributed by atoms with E-state index in [1.54, 1.807) is 0 Å². The Bertz CT molecular complexity index is 486. The molecule has 0 fully saturated rings. The van der Waals surface area contributed by atoms with Crippen LogP contribution in [0.1, 0.15) is 26.5 Å². The Balaban J connectivity index is 2.34. The summed E-state index contributed by atoms with van der Waals surface area (Å²) in [5, 5.41) is 0. The number of hydrogen-bond donors (Lipinski definition) is 0. The summed E-state index contributed by atoms with van der Waals surface area (Å²) < 4.78 is 2.31. The number of hydrogen-bond acceptors (Lipinski definition) is 0. The molecular formula is C16H21N. The molecule has 1 aromatic carbocycles. The van der Waals surface area contributed by atoms with Crippen molar-refractivity contribution >= 4 is 0 Å². The van der Waals surface area contributed by atoms with E-state index >= 15 is 0 Å². The largest absolute Gasteiger partial charge is 0.348 e. The van der Waals surface area contributed by atoms with Gasteiger partial charge in [-0.15, -0.1) is 0 Å². The Kier molecular flexibility index (Phi) is 3.10. The van der Waals surface area contributed by atoms with Crippen LogP contribution in [0.15, 0.2) is 42.5 Å². The van der Waals surface area contributed by atoms with Gasteiger partial charge in [-0.2, -0.15) is 0 Å². The molecule has 1 aromatic heterocycles. The molecule has 0 N–H and O–H groups in total. The van der Waals surface area contributed by atoms with E-state index in [0.29, 0.717) is 5.41 Å². The van der Waals surface area contributed by atoms with E-state index < -0.39 is 0 Å². The fourth-order valence-electron chi connectivity index (χ4n) is 2.17. The predicted molar refractivity (Wildman–Crippen MR) is 74.0 cm³/mol. The summed E-state index contributed by atoms with van der Waals surface area (Å²) in [4.78, 5) is 0. The van der Waals surface area contributed by atoms with Crippen LogP contribution in [0.25, 0.3) is 11.3 Å². The molecule has 0 atom stereocenters. The van der Waals surface area contributed by atoms with Gasteiger partial charge in [0.1, 0.15) is 0 Å². The Morgan fingerprint density at radius 3 is 2.18 bits per heavy atom. The third-order valence-electron chi connectivity index (χ3n) is 3.01. The standard InChI is InChI=1S/C16H21N/c1-16(2,3)12-14-10-11-15(17(14)4)13-8-6-5-7-9-13/h5-11H,12H2,1-4H3. The monoisotopic (exact) mass is 227 g/mol. The zero-order valence-corrected chi connectivity index (χ0v) is 11.2. The van der Waals surface area contributed by atoms with Crippen LogP contribution in [-0.4, -0.2) is 4.57 Å². The second kappa shape index (κ2) is 4.40. The van der Waals surface area contributed by atoms with Crippen LogP contribution < -0.4 is 0 Å². The first-order valence-electron chi connectivity index (χ1n) is 6.17. The van der Waals surface area contributed by atoms with Crippen molar-refractivity contribution in [1.29, 1.82) is 0 Å². The van der Waals surface area contributed by atoms with E-state index in [2.05, 4.69) is 74.9 Å².